The van der Waals surface area contributed by atoms with Gasteiger partial charge in [-0.15, -0.1) is 0 Å². The molecule has 0 unspecified atom stereocenters. The summed E-state index contributed by atoms with van der Waals surface area (Å²) in [6, 6.07) is -15.9. The number of phenols is 1. The molecule has 0 radical (unpaired) electrons. The van der Waals surface area contributed by atoms with Gasteiger partial charge in [0.05, 0.1) is 43.8 Å². The fraction of sp³-hybridized carbons (Fsp3) is 0.645. The first-order chi connectivity index (χ1) is 47.5. The van der Waals surface area contributed by atoms with E-state index in [-0.39, 0.29) is 81.6 Å². The second-order valence-electron chi connectivity index (χ2n) is 25.6. The Kier molecular flexibility index (Phi) is 39.6. The van der Waals surface area contributed by atoms with E-state index in [2.05, 4.69) is 68.5 Å². The van der Waals surface area contributed by atoms with Gasteiger partial charge in [0.2, 0.25) is 65.0 Å². The maximum Gasteiger partial charge on any atom is 0.326 e. The number of aliphatic hydroxyl groups is 4. The topological polar surface area (TPSA) is 688 Å². The second kappa shape index (κ2) is 44.9. The molecule has 40 heteroatoms. The van der Waals surface area contributed by atoms with Gasteiger partial charge < -0.3 is 128 Å². The summed E-state index contributed by atoms with van der Waals surface area (Å²) in [5, 5.41) is 107. The maximum absolute atomic E-state index is 14.4. The molecule has 0 spiro atoms. The molecule has 0 aliphatic heterocycles. The number of carbonyl (C=O) groups is 14. The van der Waals surface area contributed by atoms with E-state index in [1.807, 2.05) is 0 Å². The van der Waals surface area contributed by atoms with Crippen molar-refractivity contribution in [2.75, 3.05) is 19.7 Å². The van der Waals surface area contributed by atoms with Crippen molar-refractivity contribution in [3.63, 3.8) is 0 Å². The number of aliphatic carboxylic acids is 3. The van der Waals surface area contributed by atoms with Gasteiger partial charge in [0.1, 0.15) is 72.2 Å². The number of rotatable bonds is 47. The van der Waals surface area contributed by atoms with Crippen molar-refractivity contribution in [3.8, 4) is 5.75 Å². The minimum Gasteiger partial charge on any atom is -0.508 e. The molecule has 0 saturated carbocycles. The van der Waals surface area contributed by atoms with Crippen LogP contribution in [-0.4, -0.2) is 246 Å². The highest BCUT2D eigenvalue weighted by molar-refractivity contribution is 6.00. The lowest BCUT2D eigenvalue weighted by molar-refractivity contribution is -0.143. The highest BCUT2D eigenvalue weighted by Gasteiger charge is 2.40. The van der Waals surface area contributed by atoms with E-state index in [0.717, 1.165) is 20.8 Å². The molecular formula is C62H104N18O22. The quantitative estimate of drug-likeness (QED) is 0.0164. The van der Waals surface area contributed by atoms with Crippen molar-refractivity contribution in [1.82, 2.24) is 58.5 Å². The molecule has 29 N–H and O–H groups in total. The Bertz CT molecular complexity index is 3070. The molecule has 1 rings (SSSR count). The minimum absolute atomic E-state index is 0.0115. The summed E-state index contributed by atoms with van der Waals surface area (Å²) in [5.41, 5.74) is 27.8. The number of aliphatic hydroxyl groups excluding tert-OH is 4. The van der Waals surface area contributed by atoms with Crippen molar-refractivity contribution in [2.24, 2.45) is 56.4 Å². The molecule has 102 heavy (non-hydrogen) atoms. The number of hydrogen-bond acceptors (Lipinski definition) is 22. The van der Waals surface area contributed by atoms with E-state index >= 15 is 0 Å². The number of aromatic hydroxyl groups is 1. The number of nitrogens with zero attached hydrogens (tertiary/aromatic N) is 2. The SMILES string of the molecule is CC(C)C[C@H](NC(=O)[C@@H](NC(=O)[C@H](Cc1ccc(O)cc1)NC(=O)[C@@H](NC(=O)[C@H](CCCN=C(N)N)NC(=O)[C@H](CC(C)C)NC(=O)[C@H](CO)NC(=O)[C@H](CC(=O)O)NC(=O)[C@H](CC(C)C)NC(=O)[C@H](CC(=O)O)NC(=O)[C@@H](NC(=O)[C@@H](N)CCCN=C(N)N)[C@@H](C)O)[C@@H](C)O)[C@@H](C)O)C(=O)O. The lowest BCUT2D eigenvalue weighted by atomic mass is 10.0. The summed E-state index contributed by atoms with van der Waals surface area (Å²) in [6.07, 6.45) is -8.49. The zero-order valence-electron chi connectivity index (χ0n) is 58.5. The van der Waals surface area contributed by atoms with Crippen molar-refractivity contribution >= 4 is 94.8 Å². The Labute approximate surface area is 588 Å². The summed E-state index contributed by atoms with van der Waals surface area (Å²) in [5.74, 6) is -19.8. The van der Waals surface area contributed by atoms with Gasteiger partial charge in [-0.3, -0.25) is 72.3 Å². The largest absolute Gasteiger partial charge is 0.508 e. The Morgan fingerprint density at radius 3 is 1.07 bits per heavy atom. The average molecular weight is 1450 g/mol. The molecule has 0 heterocycles. The number of carboxylic acids is 3. The summed E-state index contributed by atoms with van der Waals surface area (Å²) >= 11 is 0. The zero-order chi connectivity index (χ0) is 78.0. The van der Waals surface area contributed by atoms with Crippen LogP contribution in [0.1, 0.15) is 126 Å². The first-order valence-corrected chi connectivity index (χ1v) is 32.8. The van der Waals surface area contributed by atoms with E-state index in [1.165, 1.54) is 24.3 Å². The van der Waals surface area contributed by atoms with Gasteiger partial charge in [0, 0.05) is 19.5 Å². The van der Waals surface area contributed by atoms with Crippen molar-refractivity contribution < 1.29 is 108 Å². The highest BCUT2D eigenvalue weighted by atomic mass is 16.4. The molecular weight excluding hydrogens is 1350 g/mol. The van der Waals surface area contributed by atoms with E-state index in [0.29, 0.717) is 5.56 Å². The van der Waals surface area contributed by atoms with Gasteiger partial charge in [-0.05, 0) is 101 Å². The molecule has 0 aromatic heterocycles. The molecule has 0 aliphatic carbocycles. The van der Waals surface area contributed by atoms with Crippen LogP contribution >= 0.6 is 0 Å². The van der Waals surface area contributed by atoms with E-state index in [4.69, 9.17) is 28.7 Å². The molecule has 0 aliphatic rings. The zero-order valence-corrected chi connectivity index (χ0v) is 58.5. The number of benzene rings is 1. The highest BCUT2D eigenvalue weighted by Crippen LogP contribution is 2.15. The number of hydrogen-bond donors (Lipinski definition) is 24. The summed E-state index contributed by atoms with van der Waals surface area (Å²) < 4.78 is 0. The summed E-state index contributed by atoms with van der Waals surface area (Å²) in [4.78, 5) is 197. The number of carbonyl (C=O) groups excluding carboxylic acids is 11. The predicted octanol–water partition coefficient (Wildman–Crippen LogP) is -7.99. The van der Waals surface area contributed by atoms with Crippen molar-refractivity contribution in [2.45, 2.75) is 217 Å². The molecule has 0 saturated heterocycles. The van der Waals surface area contributed by atoms with E-state index in [1.54, 1.807) is 41.5 Å². The third-order valence-corrected chi connectivity index (χ3v) is 14.9. The second-order valence-corrected chi connectivity index (χ2v) is 25.6. The molecule has 1 aromatic carbocycles. The van der Waals surface area contributed by atoms with Crippen LogP contribution < -0.4 is 87.2 Å². The van der Waals surface area contributed by atoms with Gasteiger partial charge >= 0.3 is 17.9 Å². The summed E-state index contributed by atoms with van der Waals surface area (Å²) in [6.45, 7) is 11.8. The predicted molar refractivity (Wildman–Crippen MR) is 363 cm³/mol. The third kappa shape index (κ3) is 34.3. The van der Waals surface area contributed by atoms with Crippen LogP contribution in [0.2, 0.25) is 0 Å². The minimum atomic E-state index is -2.11. The Hall–Kier alpha value is -10.1. The van der Waals surface area contributed by atoms with Crippen molar-refractivity contribution in [3.05, 3.63) is 29.8 Å². The number of aliphatic imine (C=N–C) groups is 2. The number of nitrogens with two attached hydrogens (primary N) is 5. The van der Waals surface area contributed by atoms with Gasteiger partial charge in [0.15, 0.2) is 11.9 Å². The Morgan fingerprint density at radius 2 is 0.696 bits per heavy atom. The standard InChI is InChI=1S/C62H104N18O22/c1-27(2)20-37(51(92)70-36(13-11-19-69-62(66)67)50(91)79-47(31(8)83)58(99)74-39(23-33-14-16-34(85)17-15-33)55(96)80-48(32(9)84)59(100)76-42(60(101)102)22-29(5)6)72-56(97)43(26-81)77-54(95)40(24-44(86)87)73-52(93)38(21-28(3)4)71-53(94)41(25-45(88)89)75-57(98)46(30(7)82)78-49(90)35(63)12-10-18-68-61(64)65/h14-17,27-32,35-43,46-48,81-85H,10-13,18-26,63H2,1-9H3,(H,70,92)(H,71,94)(H,72,97)(H,73,93)(H,74,99)(H,75,98)(H,76,100)(H,77,95)(H,78,90)(H,79,91)(H,80,96)(H,86,87)(H,88,89)(H,101,102)(H4,64,65,68)(H4,66,67,69)/t30-,31-,32-,35+,36+,37+,38+,39+,40+,41+,42+,43+,46+,47+,48+/m1/s1. The average Bonchev–Trinajstić information content (AvgIpc) is 0.851. The van der Waals surface area contributed by atoms with Gasteiger partial charge in [-0.25, -0.2) is 4.79 Å². The Morgan fingerprint density at radius 1 is 0.392 bits per heavy atom. The van der Waals surface area contributed by atoms with Crippen LogP contribution in [0, 0.1) is 17.8 Å². The van der Waals surface area contributed by atoms with Crippen molar-refractivity contribution in [1.29, 1.82) is 0 Å². The molecule has 0 fully saturated rings. The van der Waals surface area contributed by atoms with E-state index in [9.17, 15) is 108 Å². The third-order valence-electron chi connectivity index (χ3n) is 14.9. The first-order valence-electron chi connectivity index (χ1n) is 32.8. The lowest BCUT2D eigenvalue weighted by Crippen LogP contribution is -2.63. The smallest absolute Gasteiger partial charge is 0.326 e. The molecule has 40 nitrogen and oxygen atoms in total. The normalized spacial score (nSPS) is 15.6. The van der Waals surface area contributed by atoms with Crippen LogP contribution in [0.25, 0.3) is 0 Å². The van der Waals surface area contributed by atoms with Crippen LogP contribution in [0.4, 0.5) is 0 Å². The fourth-order valence-electron chi connectivity index (χ4n) is 9.69. The molecule has 1 aromatic rings. The maximum atomic E-state index is 14.4. The molecule has 15 atom stereocenters. The number of guanidine groups is 2. The first kappa shape index (κ1) is 90.0. The number of nitrogens with one attached hydrogen (secondary N) is 11. The van der Waals surface area contributed by atoms with Crippen LogP contribution in [-0.2, 0) is 73.5 Å². The van der Waals surface area contributed by atoms with E-state index < -0.39 is 211 Å². The monoisotopic (exact) mass is 1450 g/mol. The van der Waals surface area contributed by atoms with Gasteiger partial charge in [-0.1, -0.05) is 53.7 Å². The van der Waals surface area contributed by atoms with Crippen LogP contribution in [0.15, 0.2) is 34.3 Å². The number of amides is 11. The molecule has 574 valence electrons. The Balaban J connectivity index is 3.62. The number of phenolic OH excluding ortho intramolecular Hbond substituents is 1. The number of carboxylic acid groups (broad SMARTS) is 3. The van der Waals surface area contributed by atoms with Gasteiger partial charge in [-0.2, -0.15) is 0 Å². The fourth-order valence-corrected chi connectivity index (χ4v) is 9.69. The summed E-state index contributed by atoms with van der Waals surface area (Å²) in [7, 11) is 0. The van der Waals surface area contributed by atoms with Crippen LogP contribution in [0.3, 0.4) is 0 Å². The lowest BCUT2D eigenvalue weighted by Gasteiger charge is -2.29. The van der Waals surface area contributed by atoms with Crippen LogP contribution in [0.5, 0.6) is 5.75 Å². The van der Waals surface area contributed by atoms with Gasteiger partial charge in [0.25, 0.3) is 0 Å². The molecule has 11 amide bonds. The molecule has 0 bridgehead atoms.